The van der Waals surface area contributed by atoms with Gasteiger partial charge in [0.2, 0.25) is 0 Å². The van der Waals surface area contributed by atoms with E-state index >= 15 is 0 Å². The Bertz CT molecular complexity index is 192. The van der Waals surface area contributed by atoms with Crippen LogP contribution in [-0.2, 0) is 6.42 Å². The number of aryl methyl sites for hydroxylation is 1. The van der Waals surface area contributed by atoms with Crippen LogP contribution in [0.25, 0.3) is 0 Å². The zero-order valence-corrected chi connectivity index (χ0v) is 11.0. The first-order valence-electron chi connectivity index (χ1n) is 5.06. The van der Waals surface area contributed by atoms with E-state index in [1.54, 1.807) is 6.08 Å². The molecule has 1 aromatic rings. The highest BCUT2D eigenvalue weighted by molar-refractivity contribution is 9.09. The Hall–Kier alpha value is -0.560. The molecule has 80 valence electrons. The second kappa shape index (κ2) is 14.9. The van der Waals surface area contributed by atoms with Crippen molar-refractivity contribution in [3.8, 4) is 0 Å². The van der Waals surface area contributed by atoms with Crippen LogP contribution in [0.3, 0.4) is 0 Å². The van der Waals surface area contributed by atoms with E-state index in [1.165, 1.54) is 5.56 Å². The molecule has 0 heterocycles. The number of alkyl halides is 1. The van der Waals surface area contributed by atoms with Crippen LogP contribution < -0.4 is 0 Å². The van der Waals surface area contributed by atoms with Gasteiger partial charge in [0.15, 0.2) is 0 Å². The average molecular weight is 257 g/mol. The number of allylic oxidation sites excluding steroid dienone is 1. The van der Waals surface area contributed by atoms with Crippen molar-refractivity contribution >= 4 is 15.9 Å². The minimum Gasteiger partial charge on any atom is -0.102 e. The zero-order valence-electron chi connectivity index (χ0n) is 9.46. The van der Waals surface area contributed by atoms with Crippen molar-refractivity contribution in [1.29, 1.82) is 0 Å². The molecular weight excluding hydrogens is 236 g/mol. The van der Waals surface area contributed by atoms with Crippen LogP contribution in [0.15, 0.2) is 43.0 Å². The summed E-state index contributed by atoms with van der Waals surface area (Å²) in [4.78, 5) is 0. The van der Waals surface area contributed by atoms with Crippen LogP contribution in [0.1, 0.15) is 26.3 Å². The Labute approximate surface area is 97.2 Å². The second-order valence-corrected chi connectivity index (χ2v) is 2.93. The van der Waals surface area contributed by atoms with E-state index in [0.29, 0.717) is 0 Å². The SMILES string of the molecule is C=CCBr.CC.CCc1ccccc1. The molecule has 0 unspecified atom stereocenters. The van der Waals surface area contributed by atoms with Crippen molar-refractivity contribution in [1.82, 2.24) is 0 Å². The van der Waals surface area contributed by atoms with E-state index in [1.807, 2.05) is 19.9 Å². The standard InChI is InChI=1S/C8H10.C3H5Br.C2H6/c1-2-8-6-4-3-5-7-8;1-2-3-4;1-2/h3-7H,2H2,1H3;2H,1,3H2;1-2H3. The van der Waals surface area contributed by atoms with Gasteiger partial charge in [-0.2, -0.15) is 0 Å². The van der Waals surface area contributed by atoms with E-state index in [9.17, 15) is 0 Å². The van der Waals surface area contributed by atoms with Crippen molar-refractivity contribution in [3.63, 3.8) is 0 Å². The molecule has 0 atom stereocenters. The minimum absolute atomic E-state index is 0.896. The summed E-state index contributed by atoms with van der Waals surface area (Å²) in [5.41, 5.74) is 1.41. The predicted octanol–water partition coefficient (Wildman–Crippen LogP) is 4.84. The molecule has 0 spiro atoms. The largest absolute Gasteiger partial charge is 0.102 e. The molecule has 0 saturated carbocycles. The van der Waals surface area contributed by atoms with E-state index in [4.69, 9.17) is 0 Å². The minimum atomic E-state index is 0.896. The van der Waals surface area contributed by atoms with E-state index in [2.05, 4.69) is 53.7 Å². The summed E-state index contributed by atoms with van der Waals surface area (Å²) in [5.74, 6) is 0. The highest BCUT2D eigenvalue weighted by Crippen LogP contribution is 1.96. The predicted molar refractivity (Wildman–Crippen MR) is 71.2 cm³/mol. The van der Waals surface area contributed by atoms with Crippen LogP contribution in [0.4, 0.5) is 0 Å². The van der Waals surface area contributed by atoms with Crippen LogP contribution in [0, 0.1) is 0 Å². The van der Waals surface area contributed by atoms with Crippen molar-refractivity contribution in [2.45, 2.75) is 27.2 Å². The summed E-state index contributed by atoms with van der Waals surface area (Å²) in [5, 5.41) is 0.896. The molecule has 0 aliphatic carbocycles. The molecule has 0 radical (unpaired) electrons. The summed E-state index contributed by atoms with van der Waals surface area (Å²) in [6.45, 7) is 9.59. The number of benzene rings is 1. The van der Waals surface area contributed by atoms with Crippen molar-refractivity contribution in [2.75, 3.05) is 5.33 Å². The van der Waals surface area contributed by atoms with Gasteiger partial charge in [0.1, 0.15) is 0 Å². The molecule has 0 fully saturated rings. The van der Waals surface area contributed by atoms with Crippen molar-refractivity contribution in [2.24, 2.45) is 0 Å². The molecule has 0 aromatic heterocycles. The fourth-order valence-electron chi connectivity index (χ4n) is 0.714. The lowest BCUT2D eigenvalue weighted by Crippen LogP contribution is -1.73. The van der Waals surface area contributed by atoms with Gasteiger partial charge in [-0.15, -0.1) is 6.58 Å². The topological polar surface area (TPSA) is 0 Å². The maximum absolute atomic E-state index is 3.43. The maximum atomic E-state index is 3.43. The third-order valence-corrected chi connectivity index (χ3v) is 1.82. The van der Waals surface area contributed by atoms with E-state index in [-0.39, 0.29) is 0 Å². The highest BCUT2D eigenvalue weighted by atomic mass is 79.9. The van der Waals surface area contributed by atoms with Gasteiger partial charge in [-0.3, -0.25) is 0 Å². The van der Waals surface area contributed by atoms with Crippen LogP contribution in [0.5, 0.6) is 0 Å². The molecular formula is C13H21Br. The molecule has 1 aromatic carbocycles. The Morgan fingerprint density at radius 2 is 1.64 bits per heavy atom. The third-order valence-electron chi connectivity index (χ3n) is 1.36. The van der Waals surface area contributed by atoms with E-state index in [0.717, 1.165) is 11.8 Å². The first-order valence-corrected chi connectivity index (χ1v) is 6.18. The van der Waals surface area contributed by atoms with Gasteiger partial charge in [-0.25, -0.2) is 0 Å². The second-order valence-electron chi connectivity index (χ2n) is 2.28. The molecule has 0 aliphatic heterocycles. The van der Waals surface area contributed by atoms with Gasteiger partial charge in [0.05, 0.1) is 0 Å². The molecule has 0 aliphatic rings. The summed E-state index contributed by atoms with van der Waals surface area (Å²) in [6.07, 6.45) is 2.93. The first-order chi connectivity index (χ1) is 6.85. The third kappa shape index (κ3) is 11.4. The summed E-state index contributed by atoms with van der Waals surface area (Å²) >= 11 is 3.13. The van der Waals surface area contributed by atoms with E-state index < -0.39 is 0 Å². The monoisotopic (exact) mass is 256 g/mol. The van der Waals surface area contributed by atoms with Crippen LogP contribution >= 0.6 is 15.9 Å². The number of hydrogen-bond donors (Lipinski definition) is 0. The Morgan fingerprint density at radius 1 is 1.21 bits per heavy atom. The van der Waals surface area contributed by atoms with Gasteiger partial charge in [-0.1, -0.05) is 73.1 Å². The fourth-order valence-corrected chi connectivity index (χ4v) is 0.714. The van der Waals surface area contributed by atoms with Crippen molar-refractivity contribution < 1.29 is 0 Å². The Morgan fingerprint density at radius 3 is 1.86 bits per heavy atom. The molecule has 1 rings (SSSR count). The normalized spacial score (nSPS) is 7.43. The first kappa shape index (κ1) is 15.9. The summed E-state index contributed by atoms with van der Waals surface area (Å²) in [7, 11) is 0. The Balaban J connectivity index is 0. The fraction of sp³-hybridized carbons (Fsp3) is 0.385. The summed E-state index contributed by atoms with van der Waals surface area (Å²) in [6, 6.07) is 10.5. The number of rotatable bonds is 2. The van der Waals surface area contributed by atoms with Gasteiger partial charge in [-0.05, 0) is 12.0 Å². The van der Waals surface area contributed by atoms with Gasteiger partial charge < -0.3 is 0 Å². The Kier molecular flexibility index (Phi) is 17.0. The number of halogens is 1. The lowest BCUT2D eigenvalue weighted by atomic mass is 10.2. The molecule has 0 nitrogen and oxygen atoms in total. The van der Waals surface area contributed by atoms with Gasteiger partial charge in [0.25, 0.3) is 0 Å². The van der Waals surface area contributed by atoms with Gasteiger partial charge in [0, 0.05) is 5.33 Å². The smallest absolute Gasteiger partial charge is 0.0209 e. The molecule has 0 N–H and O–H groups in total. The molecule has 14 heavy (non-hydrogen) atoms. The lowest BCUT2D eigenvalue weighted by Gasteiger charge is -1.89. The molecule has 0 bridgehead atoms. The lowest BCUT2D eigenvalue weighted by molar-refractivity contribution is 1.14. The quantitative estimate of drug-likeness (QED) is 0.525. The number of hydrogen-bond acceptors (Lipinski definition) is 0. The maximum Gasteiger partial charge on any atom is 0.0209 e. The van der Waals surface area contributed by atoms with Crippen LogP contribution in [-0.4, -0.2) is 5.33 Å². The summed E-state index contributed by atoms with van der Waals surface area (Å²) < 4.78 is 0. The molecule has 0 saturated heterocycles. The molecule has 1 heteroatoms. The van der Waals surface area contributed by atoms with Crippen molar-refractivity contribution in [3.05, 3.63) is 48.6 Å². The zero-order chi connectivity index (χ0) is 11.2. The van der Waals surface area contributed by atoms with Gasteiger partial charge >= 0.3 is 0 Å². The molecule has 0 amide bonds. The highest BCUT2D eigenvalue weighted by Gasteiger charge is 1.79. The van der Waals surface area contributed by atoms with Crippen LogP contribution in [0.2, 0.25) is 0 Å². The average Bonchev–Trinajstić information content (AvgIpc) is 2.33.